The quantitative estimate of drug-likeness (QED) is 0.833. The number of hydrogen-bond donors (Lipinski definition) is 2. The molecule has 1 rings (SSSR count). The number of thiocarbonyl (C=S) groups is 1. The highest BCUT2D eigenvalue weighted by atomic mass is 79.9. The SMILES string of the molecule is CC(C)C(C)C(=O)Nc1cc(Br)ccc1C(N)=S. The van der Waals surface area contributed by atoms with Crippen molar-refractivity contribution in [3.05, 3.63) is 28.2 Å². The maximum atomic E-state index is 12.0. The average molecular weight is 329 g/mol. The molecule has 5 heteroatoms. The minimum atomic E-state index is -0.0665. The van der Waals surface area contributed by atoms with Crippen molar-refractivity contribution in [2.24, 2.45) is 17.6 Å². The highest BCUT2D eigenvalue weighted by Gasteiger charge is 2.18. The number of anilines is 1. The van der Waals surface area contributed by atoms with Crippen LogP contribution in [0.25, 0.3) is 0 Å². The molecule has 0 aliphatic rings. The van der Waals surface area contributed by atoms with Gasteiger partial charge in [-0.1, -0.05) is 48.9 Å². The van der Waals surface area contributed by atoms with Crippen molar-refractivity contribution >= 4 is 44.7 Å². The summed E-state index contributed by atoms with van der Waals surface area (Å²) in [6.07, 6.45) is 0. The lowest BCUT2D eigenvalue weighted by Gasteiger charge is -2.17. The van der Waals surface area contributed by atoms with Crippen LogP contribution in [-0.4, -0.2) is 10.9 Å². The van der Waals surface area contributed by atoms with E-state index in [1.54, 1.807) is 12.1 Å². The van der Waals surface area contributed by atoms with E-state index in [0.717, 1.165) is 4.47 Å². The molecule has 1 amide bonds. The van der Waals surface area contributed by atoms with E-state index in [-0.39, 0.29) is 22.7 Å². The van der Waals surface area contributed by atoms with E-state index in [2.05, 4.69) is 21.2 Å². The molecule has 0 saturated carbocycles. The maximum absolute atomic E-state index is 12.0. The Labute approximate surface area is 121 Å². The first kappa shape index (κ1) is 15.1. The number of rotatable bonds is 4. The van der Waals surface area contributed by atoms with Gasteiger partial charge in [0.1, 0.15) is 4.99 Å². The molecule has 0 aliphatic carbocycles. The van der Waals surface area contributed by atoms with Crippen LogP contribution in [0.3, 0.4) is 0 Å². The Morgan fingerprint density at radius 2 is 2.00 bits per heavy atom. The number of hydrogen-bond acceptors (Lipinski definition) is 2. The monoisotopic (exact) mass is 328 g/mol. The molecule has 1 unspecified atom stereocenters. The van der Waals surface area contributed by atoms with Gasteiger partial charge in [0, 0.05) is 16.0 Å². The van der Waals surface area contributed by atoms with Crippen LogP contribution in [0.4, 0.5) is 5.69 Å². The van der Waals surface area contributed by atoms with Crippen LogP contribution in [0.2, 0.25) is 0 Å². The van der Waals surface area contributed by atoms with Gasteiger partial charge in [-0.2, -0.15) is 0 Å². The third-order valence-electron chi connectivity index (χ3n) is 2.92. The van der Waals surface area contributed by atoms with Gasteiger partial charge < -0.3 is 11.1 Å². The second kappa shape index (κ2) is 6.29. The van der Waals surface area contributed by atoms with E-state index in [0.29, 0.717) is 11.3 Å². The molecule has 0 aromatic heterocycles. The summed E-state index contributed by atoms with van der Waals surface area (Å²) in [6.45, 7) is 5.93. The Hall–Kier alpha value is -0.940. The molecule has 0 aliphatic heterocycles. The van der Waals surface area contributed by atoms with E-state index < -0.39 is 0 Å². The van der Waals surface area contributed by atoms with Crippen molar-refractivity contribution in [1.29, 1.82) is 0 Å². The molecule has 1 aromatic rings. The van der Waals surface area contributed by atoms with Crippen LogP contribution in [0.5, 0.6) is 0 Å². The topological polar surface area (TPSA) is 55.1 Å². The first-order valence-electron chi connectivity index (χ1n) is 5.73. The highest BCUT2D eigenvalue weighted by Crippen LogP contribution is 2.23. The van der Waals surface area contributed by atoms with Crippen molar-refractivity contribution in [3.8, 4) is 0 Å². The van der Waals surface area contributed by atoms with Gasteiger partial charge in [-0.3, -0.25) is 4.79 Å². The molecule has 18 heavy (non-hydrogen) atoms. The van der Waals surface area contributed by atoms with Gasteiger partial charge in [-0.05, 0) is 24.1 Å². The Morgan fingerprint density at radius 3 is 2.50 bits per heavy atom. The number of amides is 1. The van der Waals surface area contributed by atoms with Gasteiger partial charge in [0.2, 0.25) is 5.91 Å². The lowest BCUT2D eigenvalue weighted by atomic mass is 9.97. The maximum Gasteiger partial charge on any atom is 0.227 e. The van der Waals surface area contributed by atoms with Gasteiger partial charge >= 0.3 is 0 Å². The normalized spacial score (nSPS) is 12.3. The molecule has 0 bridgehead atoms. The van der Waals surface area contributed by atoms with E-state index in [1.807, 2.05) is 26.8 Å². The highest BCUT2D eigenvalue weighted by molar-refractivity contribution is 9.10. The summed E-state index contributed by atoms with van der Waals surface area (Å²) in [4.78, 5) is 12.3. The Balaban J connectivity index is 2.99. The molecule has 98 valence electrons. The summed E-state index contributed by atoms with van der Waals surface area (Å²) in [5, 5.41) is 2.88. The second-order valence-corrected chi connectivity index (χ2v) is 5.93. The third kappa shape index (κ3) is 3.78. The van der Waals surface area contributed by atoms with Crippen LogP contribution in [0, 0.1) is 11.8 Å². The van der Waals surface area contributed by atoms with Crippen LogP contribution in [0.1, 0.15) is 26.3 Å². The van der Waals surface area contributed by atoms with Gasteiger partial charge in [0.15, 0.2) is 0 Å². The number of carbonyl (C=O) groups excluding carboxylic acids is 1. The zero-order valence-electron chi connectivity index (χ0n) is 10.7. The molecule has 0 spiro atoms. The minimum Gasteiger partial charge on any atom is -0.389 e. The summed E-state index contributed by atoms with van der Waals surface area (Å²) >= 11 is 8.34. The van der Waals surface area contributed by atoms with Crippen molar-refractivity contribution in [2.75, 3.05) is 5.32 Å². The lowest BCUT2D eigenvalue weighted by Crippen LogP contribution is -2.25. The molecule has 0 heterocycles. The Bertz CT molecular complexity index is 474. The van der Waals surface area contributed by atoms with E-state index in [4.69, 9.17) is 18.0 Å². The molecule has 3 N–H and O–H groups in total. The fourth-order valence-electron chi connectivity index (χ4n) is 1.38. The van der Waals surface area contributed by atoms with Crippen LogP contribution >= 0.6 is 28.1 Å². The summed E-state index contributed by atoms with van der Waals surface area (Å²) in [5.74, 6) is 0.189. The van der Waals surface area contributed by atoms with Crippen molar-refractivity contribution < 1.29 is 4.79 Å². The van der Waals surface area contributed by atoms with E-state index >= 15 is 0 Å². The van der Waals surface area contributed by atoms with Gasteiger partial charge in [0.25, 0.3) is 0 Å². The second-order valence-electron chi connectivity index (χ2n) is 4.58. The van der Waals surface area contributed by atoms with Gasteiger partial charge in [-0.25, -0.2) is 0 Å². The zero-order valence-corrected chi connectivity index (χ0v) is 13.1. The fourth-order valence-corrected chi connectivity index (χ4v) is 1.92. The summed E-state index contributed by atoms with van der Waals surface area (Å²) in [5.41, 5.74) is 6.97. The number of nitrogens with two attached hydrogens (primary N) is 1. The summed E-state index contributed by atoms with van der Waals surface area (Å²) in [7, 11) is 0. The van der Waals surface area contributed by atoms with Crippen LogP contribution in [0.15, 0.2) is 22.7 Å². The van der Waals surface area contributed by atoms with Crippen LogP contribution < -0.4 is 11.1 Å². The average Bonchev–Trinajstić information content (AvgIpc) is 2.27. The van der Waals surface area contributed by atoms with E-state index in [1.165, 1.54) is 0 Å². The first-order valence-corrected chi connectivity index (χ1v) is 6.93. The zero-order chi connectivity index (χ0) is 13.9. The Kier molecular flexibility index (Phi) is 5.28. The first-order chi connectivity index (χ1) is 8.32. The smallest absolute Gasteiger partial charge is 0.227 e. The Morgan fingerprint density at radius 1 is 1.39 bits per heavy atom. The predicted octanol–water partition coefficient (Wildman–Crippen LogP) is 3.31. The number of nitrogens with one attached hydrogen (secondary N) is 1. The number of carbonyl (C=O) groups is 1. The molecule has 3 nitrogen and oxygen atoms in total. The number of halogens is 1. The van der Waals surface area contributed by atoms with Crippen molar-refractivity contribution in [1.82, 2.24) is 0 Å². The largest absolute Gasteiger partial charge is 0.389 e. The van der Waals surface area contributed by atoms with Gasteiger partial charge in [0.05, 0.1) is 5.69 Å². The third-order valence-corrected chi connectivity index (χ3v) is 3.63. The van der Waals surface area contributed by atoms with Gasteiger partial charge in [-0.15, -0.1) is 0 Å². The molecule has 0 fully saturated rings. The fraction of sp³-hybridized carbons (Fsp3) is 0.385. The molecular formula is C13H17BrN2OS. The summed E-state index contributed by atoms with van der Waals surface area (Å²) < 4.78 is 0.870. The van der Waals surface area contributed by atoms with Crippen LogP contribution in [-0.2, 0) is 4.79 Å². The minimum absolute atomic E-state index is 0.0272. The summed E-state index contributed by atoms with van der Waals surface area (Å²) in [6, 6.07) is 5.44. The molecule has 0 radical (unpaired) electrons. The van der Waals surface area contributed by atoms with Crippen molar-refractivity contribution in [3.63, 3.8) is 0 Å². The standard InChI is InChI=1S/C13H17BrN2OS/c1-7(2)8(3)13(17)16-11-6-9(14)4-5-10(11)12(15)18/h4-8H,1-3H3,(H2,15,18)(H,16,17). The van der Waals surface area contributed by atoms with E-state index in [9.17, 15) is 4.79 Å². The number of benzene rings is 1. The molecule has 0 saturated heterocycles. The lowest BCUT2D eigenvalue weighted by molar-refractivity contribution is -0.120. The predicted molar refractivity (Wildman–Crippen MR) is 82.7 cm³/mol. The molecule has 1 atom stereocenters. The van der Waals surface area contributed by atoms with Crippen molar-refractivity contribution in [2.45, 2.75) is 20.8 Å². The molecular weight excluding hydrogens is 312 g/mol. The molecule has 1 aromatic carbocycles.